The summed E-state index contributed by atoms with van der Waals surface area (Å²) in [6.45, 7) is 0.137. The molecule has 0 aliphatic heterocycles. The maximum Gasteiger partial charge on any atom is 0.258 e. The maximum absolute atomic E-state index is 13.6. The van der Waals surface area contributed by atoms with E-state index >= 15 is 0 Å². The van der Waals surface area contributed by atoms with Crippen LogP contribution in [0, 0.1) is 5.82 Å². The van der Waals surface area contributed by atoms with Crippen LogP contribution in [0.3, 0.4) is 0 Å². The largest absolute Gasteiger partial charge is 0.507 e. The van der Waals surface area contributed by atoms with E-state index in [1.807, 2.05) is 35.9 Å². The van der Waals surface area contributed by atoms with Crippen molar-refractivity contribution in [2.45, 2.75) is 6.54 Å². The summed E-state index contributed by atoms with van der Waals surface area (Å²) in [5, 5.41) is 12.2. The summed E-state index contributed by atoms with van der Waals surface area (Å²) >= 11 is 0. The molecule has 1 heterocycles. The highest BCUT2D eigenvalue weighted by Crippen LogP contribution is 2.20. The fourth-order valence-electron chi connectivity index (χ4n) is 2.34. The van der Waals surface area contributed by atoms with Crippen molar-refractivity contribution in [2.75, 3.05) is 0 Å². The van der Waals surface area contributed by atoms with Crippen LogP contribution in [-0.2, 0) is 13.6 Å². The van der Waals surface area contributed by atoms with Gasteiger partial charge in [-0.3, -0.25) is 4.79 Å². The van der Waals surface area contributed by atoms with Gasteiger partial charge in [0.1, 0.15) is 23.0 Å². The second-order valence-electron chi connectivity index (χ2n) is 4.89. The number of phenols is 1. The molecule has 2 N–H and O–H groups in total. The van der Waals surface area contributed by atoms with Crippen LogP contribution in [-0.4, -0.2) is 20.6 Å². The zero-order valence-electron chi connectivity index (χ0n) is 11.9. The predicted molar refractivity (Wildman–Crippen MR) is 79.9 cm³/mol. The highest BCUT2D eigenvalue weighted by Gasteiger charge is 2.17. The van der Waals surface area contributed by atoms with Gasteiger partial charge in [-0.05, 0) is 24.3 Å². The van der Waals surface area contributed by atoms with Crippen LogP contribution in [0.4, 0.5) is 4.39 Å². The van der Waals surface area contributed by atoms with E-state index in [-0.39, 0.29) is 17.9 Å². The number of para-hydroxylation sites is 2. The smallest absolute Gasteiger partial charge is 0.258 e. The average Bonchev–Trinajstić information content (AvgIpc) is 2.82. The molecule has 0 saturated carbocycles. The third kappa shape index (κ3) is 2.39. The van der Waals surface area contributed by atoms with Crippen molar-refractivity contribution >= 4 is 16.9 Å². The first-order chi connectivity index (χ1) is 10.6. The molecule has 0 unspecified atom stereocenters. The number of aromatic hydroxyl groups is 1. The quantitative estimate of drug-likeness (QED) is 0.780. The van der Waals surface area contributed by atoms with Crippen LogP contribution in [0.1, 0.15) is 16.2 Å². The lowest BCUT2D eigenvalue weighted by Crippen LogP contribution is -2.25. The Morgan fingerprint density at radius 3 is 2.77 bits per heavy atom. The number of imidazole rings is 1. The van der Waals surface area contributed by atoms with Crippen molar-refractivity contribution in [3.8, 4) is 5.75 Å². The van der Waals surface area contributed by atoms with E-state index in [0.717, 1.165) is 17.1 Å². The fourth-order valence-corrected chi connectivity index (χ4v) is 2.34. The van der Waals surface area contributed by atoms with Gasteiger partial charge in [0.15, 0.2) is 0 Å². The summed E-state index contributed by atoms with van der Waals surface area (Å²) in [4.78, 5) is 16.5. The average molecular weight is 299 g/mol. The Hall–Kier alpha value is -2.89. The molecule has 0 saturated heterocycles. The number of hydrogen-bond donors (Lipinski definition) is 2. The summed E-state index contributed by atoms with van der Waals surface area (Å²) in [5.41, 5.74) is 1.41. The van der Waals surface area contributed by atoms with Crippen molar-refractivity contribution in [3.05, 3.63) is 59.7 Å². The van der Waals surface area contributed by atoms with Crippen LogP contribution < -0.4 is 5.32 Å². The SMILES string of the molecule is Cn1c(CNC(=O)c2c(O)cccc2F)nc2ccccc21. The topological polar surface area (TPSA) is 67.2 Å². The summed E-state index contributed by atoms with van der Waals surface area (Å²) in [6.07, 6.45) is 0. The number of aromatic nitrogens is 2. The summed E-state index contributed by atoms with van der Waals surface area (Å²) in [6, 6.07) is 11.3. The second kappa shape index (κ2) is 5.48. The molecule has 2 aromatic carbocycles. The van der Waals surface area contributed by atoms with Gasteiger partial charge in [-0.25, -0.2) is 9.37 Å². The molecule has 0 bridgehead atoms. The fraction of sp³-hybridized carbons (Fsp3) is 0.125. The van der Waals surface area contributed by atoms with E-state index in [1.165, 1.54) is 12.1 Å². The zero-order chi connectivity index (χ0) is 15.7. The maximum atomic E-state index is 13.6. The lowest BCUT2D eigenvalue weighted by atomic mass is 10.1. The van der Waals surface area contributed by atoms with Gasteiger partial charge in [-0.1, -0.05) is 18.2 Å². The number of hydrogen-bond acceptors (Lipinski definition) is 3. The first-order valence-corrected chi connectivity index (χ1v) is 6.74. The van der Waals surface area contributed by atoms with Crippen LogP contribution in [0.25, 0.3) is 11.0 Å². The number of phenolic OH excluding ortho intramolecular Hbond substituents is 1. The van der Waals surface area contributed by atoms with Crippen LogP contribution in [0.2, 0.25) is 0 Å². The van der Waals surface area contributed by atoms with Crippen LogP contribution in [0.15, 0.2) is 42.5 Å². The Kier molecular flexibility index (Phi) is 3.50. The van der Waals surface area contributed by atoms with Gasteiger partial charge in [0.25, 0.3) is 5.91 Å². The molecule has 0 aliphatic rings. The van der Waals surface area contributed by atoms with Gasteiger partial charge in [-0.15, -0.1) is 0 Å². The molecule has 22 heavy (non-hydrogen) atoms. The number of nitrogens with zero attached hydrogens (tertiary/aromatic N) is 2. The van der Waals surface area contributed by atoms with Gasteiger partial charge in [0, 0.05) is 7.05 Å². The van der Waals surface area contributed by atoms with Gasteiger partial charge in [0.2, 0.25) is 0 Å². The minimum Gasteiger partial charge on any atom is -0.507 e. The number of nitrogens with one attached hydrogen (secondary N) is 1. The molecule has 0 aliphatic carbocycles. The summed E-state index contributed by atoms with van der Waals surface area (Å²) < 4.78 is 15.5. The molecule has 6 heteroatoms. The van der Waals surface area contributed by atoms with E-state index < -0.39 is 11.7 Å². The molecule has 0 fully saturated rings. The lowest BCUT2D eigenvalue weighted by molar-refractivity contribution is 0.0942. The number of benzene rings is 2. The zero-order valence-corrected chi connectivity index (χ0v) is 11.9. The standard InChI is InChI=1S/C16H14FN3O2/c1-20-12-7-3-2-6-11(12)19-14(20)9-18-16(22)15-10(17)5-4-8-13(15)21/h2-8,21H,9H2,1H3,(H,18,22). The molecule has 112 valence electrons. The van der Waals surface area contributed by atoms with Crippen molar-refractivity contribution in [1.82, 2.24) is 14.9 Å². The van der Waals surface area contributed by atoms with Gasteiger partial charge >= 0.3 is 0 Å². The predicted octanol–water partition coefficient (Wildman–Crippen LogP) is 2.35. The molecular formula is C16H14FN3O2. The monoisotopic (exact) mass is 299 g/mol. The number of rotatable bonds is 3. The number of fused-ring (bicyclic) bond motifs is 1. The van der Waals surface area contributed by atoms with Crippen molar-refractivity contribution < 1.29 is 14.3 Å². The van der Waals surface area contributed by atoms with E-state index in [2.05, 4.69) is 10.3 Å². The third-order valence-corrected chi connectivity index (χ3v) is 3.51. The van der Waals surface area contributed by atoms with Crippen LogP contribution >= 0.6 is 0 Å². The van der Waals surface area contributed by atoms with E-state index in [4.69, 9.17) is 0 Å². The number of halogens is 1. The van der Waals surface area contributed by atoms with Crippen LogP contribution in [0.5, 0.6) is 5.75 Å². The lowest BCUT2D eigenvalue weighted by Gasteiger charge is -2.07. The Balaban J connectivity index is 1.82. The Morgan fingerprint density at radius 2 is 2.05 bits per heavy atom. The molecule has 3 aromatic rings. The molecule has 1 aromatic heterocycles. The summed E-state index contributed by atoms with van der Waals surface area (Å²) in [5.74, 6) is -1.18. The number of amides is 1. The number of carbonyl (C=O) groups is 1. The van der Waals surface area contributed by atoms with E-state index in [9.17, 15) is 14.3 Å². The van der Waals surface area contributed by atoms with E-state index in [0.29, 0.717) is 5.82 Å². The Morgan fingerprint density at radius 1 is 1.27 bits per heavy atom. The molecule has 0 atom stereocenters. The highest BCUT2D eigenvalue weighted by molar-refractivity contribution is 5.97. The van der Waals surface area contributed by atoms with Crippen molar-refractivity contribution in [2.24, 2.45) is 7.05 Å². The van der Waals surface area contributed by atoms with Gasteiger partial charge < -0.3 is 15.0 Å². The van der Waals surface area contributed by atoms with Crippen molar-refractivity contribution in [3.63, 3.8) is 0 Å². The third-order valence-electron chi connectivity index (χ3n) is 3.51. The minimum atomic E-state index is -0.762. The van der Waals surface area contributed by atoms with Gasteiger partial charge in [-0.2, -0.15) is 0 Å². The normalized spacial score (nSPS) is 10.8. The number of aryl methyl sites for hydroxylation is 1. The Labute approximate surface area is 126 Å². The first-order valence-electron chi connectivity index (χ1n) is 6.74. The second-order valence-corrected chi connectivity index (χ2v) is 4.89. The Bertz CT molecular complexity index is 837. The van der Waals surface area contributed by atoms with Gasteiger partial charge in [0.05, 0.1) is 17.6 Å². The molecule has 0 radical (unpaired) electrons. The van der Waals surface area contributed by atoms with E-state index in [1.54, 1.807) is 0 Å². The molecule has 5 nitrogen and oxygen atoms in total. The highest BCUT2D eigenvalue weighted by atomic mass is 19.1. The first kappa shape index (κ1) is 14.1. The molecule has 1 amide bonds. The molecule has 3 rings (SSSR count). The number of carbonyl (C=O) groups excluding carboxylic acids is 1. The molecule has 0 spiro atoms. The summed E-state index contributed by atoms with van der Waals surface area (Å²) in [7, 11) is 1.84. The minimum absolute atomic E-state index is 0.137. The van der Waals surface area contributed by atoms with Crippen molar-refractivity contribution in [1.29, 1.82) is 0 Å². The molecular weight excluding hydrogens is 285 g/mol.